The second-order valence-corrected chi connectivity index (χ2v) is 5.75. The molecule has 0 heterocycles. The number of aryl methyl sites for hydroxylation is 1. The fraction of sp³-hybridized carbons (Fsp3) is 0.600. The van der Waals surface area contributed by atoms with Crippen LogP contribution in [0, 0.1) is 0 Å². The maximum atomic E-state index is 5.68. The van der Waals surface area contributed by atoms with Crippen molar-refractivity contribution in [3.8, 4) is 0 Å². The number of nitrogens with two attached hydrogens (primary N) is 1. The van der Waals surface area contributed by atoms with Crippen molar-refractivity contribution >= 4 is 17.4 Å². The van der Waals surface area contributed by atoms with E-state index in [0.29, 0.717) is 6.04 Å². The Morgan fingerprint density at radius 2 is 1.94 bits per heavy atom. The molecule has 1 aromatic carbocycles. The summed E-state index contributed by atoms with van der Waals surface area (Å²) < 4.78 is 0. The molecule has 1 unspecified atom stereocenters. The fourth-order valence-corrected chi connectivity index (χ4v) is 3.02. The van der Waals surface area contributed by atoms with Crippen LogP contribution in [0.4, 0.5) is 5.69 Å². The van der Waals surface area contributed by atoms with E-state index in [1.807, 2.05) is 23.9 Å². The smallest absolute Gasteiger partial charge is 0.0314 e. The molecule has 1 rings (SSSR count). The summed E-state index contributed by atoms with van der Waals surface area (Å²) in [6.07, 6.45) is 5.77. The van der Waals surface area contributed by atoms with Gasteiger partial charge in [0.05, 0.1) is 0 Å². The zero-order valence-electron chi connectivity index (χ0n) is 11.9. The number of hydrogen-bond donors (Lipinski definition) is 1. The van der Waals surface area contributed by atoms with E-state index in [-0.39, 0.29) is 0 Å². The highest BCUT2D eigenvalue weighted by molar-refractivity contribution is 7.98. The molecule has 0 aliphatic heterocycles. The molecule has 102 valence electrons. The molecule has 0 aliphatic carbocycles. The zero-order chi connectivity index (χ0) is 13.4. The van der Waals surface area contributed by atoms with Gasteiger partial charge >= 0.3 is 0 Å². The Morgan fingerprint density at radius 3 is 2.50 bits per heavy atom. The number of benzene rings is 1. The first kappa shape index (κ1) is 15.4. The van der Waals surface area contributed by atoms with Crippen LogP contribution in [0.1, 0.15) is 25.3 Å². The molecule has 2 N–H and O–H groups in total. The lowest BCUT2D eigenvalue weighted by atomic mass is 10.1. The molecule has 0 fully saturated rings. The van der Waals surface area contributed by atoms with Gasteiger partial charge in [0.25, 0.3) is 0 Å². The number of hydrogen-bond acceptors (Lipinski definition) is 3. The predicted octanol–water partition coefficient (Wildman–Crippen LogP) is 3.27. The lowest BCUT2D eigenvalue weighted by Crippen LogP contribution is -2.34. The third kappa shape index (κ3) is 5.32. The van der Waals surface area contributed by atoms with Crippen molar-refractivity contribution in [1.82, 2.24) is 4.90 Å². The van der Waals surface area contributed by atoms with Crippen LogP contribution in [0.15, 0.2) is 24.3 Å². The van der Waals surface area contributed by atoms with Crippen LogP contribution in [-0.2, 0) is 6.42 Å². The lowest BCUT2D eigenvalue weighted by Gasteiger charge is -2.26. The van der Waals surface area contributed by atoms with Gasteiger partial charge in [0.15, 0.2) is 0 Å². The van der Waals surface area contributed by atoms with Crippen molar-refractivity contribution in [2.45, 2.75) is 32.2 Å². The van der Waals surface area contributed by atoms with Gasteiger partial charge in [0.1, 0.15) is 0 Å². The van der Waals surface area contributed by atoms with Gasteiger partial charge in [-0.2, -0.15) is 11.8 Å². The van der Waals surface area contributed by atoms with E-state index in [9.17, 15) is 0 Å². The maximum Gasteiger partial charge on any atom is 0.0314 e. The second-order valence-electron chi connectivity index (χ2n) is 4.84. The summed E-state index contributed by atoms with van der Waals surface area (Å²) >= 11 is 1.94. The molecule has 18 heavy (non-hydrogen) atoms. The molecule has 0 amide bonds. The Morgan fingerprint density at radius 1 is 1.28 bits per heavy atom. The van der Waals surface area contributed by atoms with Gasteiger partial charge in [-0.05, 0) is 56.8 Å². The van der Waals surface area contributed by atoms with Gasteiger partial charge in [-0.1, -0.05) is 19.1 Å². The quantitative estimate of drug-likeness (QED) is 0.732. The van der Waals surface area contributed by atoms with Gasteiger partial charge in [0, 0.05) is 17.5 Å². The zero-order valence-corrected chi connectivity index (χ0v) is 12.7. The molecule has 2 nitrogen and oxygen atoms in total. The highest BCUT2D eigenvalue weighted by Gasteiger charge is 2.11. The van der Waals surface area contributed by atoms with Crippen molar-refractivity contribution < 1.29 is 0 Å². The Bertz CT molecular complexity index is 324. The average molecular weight is 266 g/mol. The molecule has 0 aliphatic rings. The van der Waals surface area contributed by atoms with Crippen molar-refractivity contribution in [2.24, 2.45) is 0 Å². The molecule has 3 heteroatoms. The van der Waals surface area contributed by atoms with Crippen LogP contribution in [0.5, 0.6) is 0 Å². The van der Waals surface area contributed by atoms with Gasteiger partial charge in [-0.3, -0.25) is 0 Å². The van der Waals surface area contributed by atoms with Gasteiger partial charge in [0.2, 0.25) is 0 Å². The first-order valence-electron chi connectivity index (χ1n) is 6.71. The number of nitrogens with zero attached hydrogens (tertiary/aromatic N) is 1. The monoisotopic (exact) mass is 266 g/mol. The van der Waals surface area contributed by atoms with E-state index >= 15 is 0 Å². The summed E-state index contributed by atoms with van der Waals surface area (Å²) in [6, 6.07) is 8.96. The Hall–Kier alpha value is -0.670. The van der Waals surface area contributed by atoms with Crippen molar-refractivity contribution in [1.29, 1.82) is 0 Å². The molecule has 1 aromatic rings. The minimum absolute atomic E-state index is 0.714. The van der Waals surface area contributed by atoms with E-state index in [1.165, 1.54) is 30.7 Å². The van der Waals surface area contributed by atoms with Crippen LogP contribution in [0.25, 0.3) is 0 Å². The van der Waals surface area contributed by atoms with Crippen molar-refractivity contribution in [3.05, 3.63) is 29.8 Å². The van der Waals surface area contributed by atoms with Crippen LogP contribution < -0.4 is 5.73 Å². The summed E-state index contributed by atoms with van der Waals surface area (Å²) in [6.45, 7) is 3.45. The molecular formula is C15H26N2S. The third-order valence-electron chi connectivity index (χ3n) is 3.41. The molecular weight excluding hydrogens is 240 g/mol. The van der Waals surface area contributed by atoms with Crippen LogP contribution in [-0.4, -0.2) is 36.5 Å². The summed E-state index contributed by atoms with van der Waals surface area (Å²) in [5.74, 6) is 1.23. The molecule has 1 atom stereocenters. The topological polar surface area (TPSA) is 29.3 Å². The fourth-order valence-electron chi connectivity index (χ4n) is 2.15. The van der Waals surface area contributed by atoms with Gasteiger partial charge < -0.3 is 10.6 Å². The maximum absolute atomic E-state index is 5.68. The molecule has 0 saturated carbocycles. The van der Waals surface area contributed by atoms with E-state index in [4.69, 9.17) is 5.73 Å². The average Bonchev–Trinajstić information content (AvgIpc) is 2.38. The Labute approximate surface area is 116 Å². The molecule has 0 spiro atoms. The Kier molecular flexibility index (Phi) is 7.21. The highest BCUT2D eigenvalue weighted by atomic mass is 32.2. The minimum Gasteiger partial charge on any atom is -0.399 e. The number of nitrogen functional groups attached to an aromatic ring is 1. The van der Waals surface area contributed by atoms with Crippen LogP contribution in [0.2, 0.25) is 0 Å². The molecule has 0 radical (unpaired) electrons. The molecule has 0 saturated heterocycles. The van der Waals surface area contributed by atoms with E-state index in [2.05, 4.69) is 37.3 Å². The summed E-state index contributed by atoms with van der Waals surface area (Å²) in [5, 5.41) is 0. The van der Waals surface area contributed by atoms with E-state index in [1.54, 1.807) is 0 Å². The lowest BCUT2D eigenvalue weighted by molar-refractivity contribution is 0.253. The summed E-state index contributed by atoms with van der Waals surface area (Å²) in [4.78, 5) is 2.49. The van der Waals surface area contributed by atoms with Crippen LogP contribution >= 0.6 is 11.8 Å². The first-order chi connectivity index (χ1) is 8.67. The largest absolute Gasteiger partial charge is 0.399 e. The standard InChI is InChI=1S/C15H26N2S/c1-4-15(12-18-3)17(2)11-5-6-13-7-9-14(16)10-8-13/h7-10,15H,4-6,11-12,16H2,1-3H3. The van der Waals surface area contributed by atoms with Gasteiger partial charge in [-0.15, -0.1) is 0 Å². The Balaban J connectivity index is 2.30. The number of thioether (sulfide) groups is 1. The SMILES string of the molecule is CCC(CSC)N(C)CCCc1ccc(N)cc1. The van der Waals surface area contributed by atoms with E-state index < -0.39 is 0 Å². The molecule has 0 aromatic heterocycles. The predicted molar refractivity (Wildman–Crippen MR) is 84.3 cm³/mol. The highest BCUT2D eigenvalue weighted by Crippen LogP contribution is 2.11. The van der Waals surface area contributed by atoms with Gasteiger partial charge in [-0.25, -0.2) is 0 Å². The van der Waals surface area contributed by atoms with Crippen LogP contribution in [0.3, 0.4) is 0 Å². The number of anilines is 1. The molecule has 0 bridgehead atoms. The minimum atomic E-state index is 0.714. The van der Waals surface area contributed by atoms with E-state index in [0.717, 1.165) is 12.1 Å². The number of rotatable bonds is 8. The normalized spacial score (nSPS) is 12.9. The summed E-state index contributed by atoms with van der Waals surface area (Å²) in [7, 11) is 2.24. The second kappa shape index (κ2) is 8.44. The van der Waals surface area contributed by atoms with Crippen molar-refractivity contribution in [2.75, 3.05) is 31.3 Å². The van der Waals surface area contributed by atoms with Crippen molar-refractivity contribution in [3.63, 3.8) is 0 Å². The first-order valence-corrected chi connectivity index (χ1v) is 8.10. The summed E-state index contributed by atoms with van der Waals surface area (Å²) in [5.41, 5.74) is 7.92. The third-order valence-corrected chi connectivity index (χ3v) is 4.13.